The number of hydrogen-bond acceptors (Lipinski definition) is 1. The lowest BCUT2D eigenvalue weighted by atomic mass is 9.79. The van der Waals surface area contributed by atoms with Gasteiger partial charge in [-0.2, -0.15) is 0 Å². The molecule has 0 heterocycles. The summed E-state index contributed by atoms with van der Waals surface area (Å²) in [6.07, 6.45) is 5.54. The summed E-state index contributed by atoms with van der Waals surface area (Å²) < 4.78 is 0. The minimum atomic E-state index is 0.496. The summed E-state index contributed by atoms with van der Waals surface area (Å²) in [5.74, 6) is 0.928. The fraction of sp³-hybridized carbons (Fsp3) is 0.444. The molecule has 1 aliphatic carbocycles. The zero-order valence-corrected chi connectivity index (χ0v) is 11.9. The number of nitrogens with one attached hydrogen (secondary N) is 1. The summed E-state index contributed by atoms with van der Waals surface area (Å²) in [7, 11) is 2.10. The molecule has 1 nitrogen and oxygen atoms in total. The Labute approximate surface area is 116 Å². The summed E-state index contributed by atoms with van der Waals surface area (Å²) in [4.78, 5) is 0. The van der Waals surface area contributed by atoms with E-state index in [0.29, 0.717) is 6.04 Å². The van der Waals surface area contributed by atoms with Gasteiger partial charge in [-0.05, 0) is 48.2 Å². The van der Waals surface area contributed by atoms with Crippen molar-refractivity contribution in [2.75, 3.05) is 7.05 Å². The van der Waals surface area contributed by atoms with Crippen LogP contribution in [-0.4, -0.2) is 7.05 Å². The fourth-order valence-electron chi connectivity index (χ4n) is 3.24. The van der Waals surface area contributed by atoms with Crippen molar-refractivity contribution in [1.82, 2.24) is 5.32 Å². The number of rotatable bonds is 4. The highest BCUT2D eigenvalue weighted by Gasteiger charge is 2.23. The minimum absolute atomic E-state index is 0.496. The molecule has 0 radical (unpaired) electrons. The Kier molecular flexibility index (Phi) is 3.56. The van der Waals surface area contributed by atoms with Gasteiger partial charge in [0.05, 0.1) is 0 Å². The van der Waals surface area contributed by atoms with Crippen LogP contribution in [0.1, 0.15) is 42.9 Å². The van der Waals surface area contributed by atoms with Crippen molar-refractivity contribution >= 4 is 10.8 Å². The van der Waals surface area contributed by atoms with Crippen molar-refractivity contribution in [1.29, 1.82) is 0 Å². The fourth-order valence-corrected chi connectivity index (χ4v) is 3.24. The Balaban J connectivity index is 2.00. The van der Waals surface area contributed by atoms with Gasteiger partial charge in [0, 0.05) is 6.04 Å². The lowest BCUT2D eigenvalue weighted by molar-refractivity contribution is 0.266. The Morgan fingerprint density at radius 1 is 1.11 bits per heavy atom. The molecule has 0 saturated heterocycles. The predicted molar refractivity (Wildman–Crippen MR) is 82.4 cm³/mol. The second-order valence-electron chi connectivity index (χ2n) is 5.89. The Morgan fingerprint density at radius 2 is 1.84 bits per heavy atom. The van der Waals surface area contributed by atoms with Crippen LogP contribution in [0.3, 0.4) is 0 Å². The summed E-state index contributed by atoms with van der Waals surface area (Å²) in [5.41, 5.74) is 2.84. The molecule has 0 aromatic heterocycles. The summed E-state index contributed by atoms with van der Waals surface area (Å²) >= 11 is 0. The van der Waals surface area contributed by atoms with E-state index in [2.05, 4.69) is 55.7 Å². The molecular weight excluding hydrogens is 230 g/mol. The first kappa shape index (κ1) is 12.7. The van der Waals surface area contributed by atoms with Crippen molar-refractivity contribution in [3.8, 4) is 0 Å². The van der Waals surface area contributed by atoms with Crippen LogP contribution in [-0.2, 0) is 0 Å². The maximum Gasteiger partial charge on any atom is 0.0326 e. The van der Waals surface area contributed by atoms with E-state index in [1.165, 1.54) is 47.6 Å². The molecular formula is C18H23N. The number of aryl methyl sites for hydroxylation is 1. The lowest BCUT2D eigenvalue weighted by Gasteiger charge is -2.30. The third-order valence-corrected chi connectivity index (χ3v) is 4.69. The molecule has 1 fully saturated rings. The van der Waals surface area contributed by atoms with Crippen molar-refractivity contribution in [2.45, 2.75) is 38.6 Å². The first-order chi connectivity index (χ1) is 9.29. The van der Waals surface area contributed by atoms with E-state index in [1.807, 2.05) is 0 Å². The van der Waals surface area contributed by atoms with E-state index in [9.17, 15) is 0 Å². The number of benzene rings is 2. The molecule has 2 aromatic carbocycles. The van der Waals surface area contributed by atoms with E-state index in [1.54, 1.807) is 0 Å². The van der Waals surface area contributed by atoms with Gasteiger partial charge in [-0.3, -0.25) is 0 Å². The van der Waals surface area contributed by atoms with Crippen molar-refractivity contribution < 1.29 is 0 Å². The second-order valence-corrected chi connectivity index (χ2v) is 5.89. The highest BCUT2D eigenvalue weighted by Crippen LogP contribution is 2.36. The van der Waals surface area contributed by atoms with E-state index in [0.717, 1.165) is 5.92 Å². The first-order valence-corrected chi connectivity index (χ1v) is 7.45. The van der Waals surface area contributed by atoms with Gasteiger partial charge in [-0.25, -0.2) is 0 Å². The molecule has 0 amide bonds. The molecule has 3 rings (SSSR count). The van der Waals surface area contributed by atoms with Crippen LogP contribution in [0.15, 0.2) is 36.4 Å². The van der Waals surface area contributed by atoms with Gasteiger partial charge in [0.1, 0.15) is 0 Å². The van der Waals surface area contributed by atoms with Crippen molar-refractivity contribution in [2.24, 2.45) is 5.92 Å². The van der Waals surface area contributed by atoms with Crippen molar-refractivity contribution in [3.05, 3.63) is 47.5 Å². The van der Waals surface area contributed by atoms with Crippen molar-refractivity contribution in [3.63, 3.8) is 0 Å². The van der Waals surface area contributed by atoms with E-state index in [-0.39, 0.29) is 0 Å². The molecule has 1 saturated carbocycles. The Bertz CT molecular complexity index is 569. The highest BCUT2D eigenvalue weighted by molar-refractivity contribution is 5.88. The molecule has 1 N–H and O–H groups in total. The second kappa shape index (κ2) is 5.34. The molecule has 2 aromatic rings. The molecule has 0 spiro atoms. The van der Waals surface area contributed by atoms with E-state index < -0.39 is 0 Å². The van der Waals surface area contributed by atoms with Crippen LogP contribution in [0, 0.1) is 12.8 Å². The highest BCUT2D eigenvalue weighted by atomic mass is 14.9. The molecule has 0 aliphatic heterocycles. The van der Waals surface area contributed by atoms with Gasteiger partial charge in [0.15, 0.2) is 0 Å². The van der Waals surface area contributed by atoms with Gasteiger partial charge in [-0.15, -0.1) is 0 Å². The first-order valence-electron chi connectivity index (χ1n) is 7.45. The van der Waals surface area contributed by atoms with Gasteiger partial charge in [0.25, 0.3) is 0 Å². The van der Waals surface area contributed by atoms with E-state index in [4.69, 9.17) is 0 Å². The monoisotopic (exact) mass is 253 g/mol. The molecule has 1 atom stereocenters. The average molecular weight is 253 g/mol. The molecule has 0 bridgehead atoms. The summed E-state index contributed by atoms with van der Waals surface area (Å²) in [6.45, 7) is 2.20. The molecule has 19 heavy (non-hydrogen) atoms. The Morgan fingerprint density at radius 3 is 2.47 bits per heavy atom. The molecule has 1 aliphatic rings. The molecule has 1 heteroatoms. The number of fused-ring (bicyclic) bond motifs is 1. The zero-order valence-electron chi connectivity index (χ0n) is 11.9. The predicted octanol–water partition coefficient (Wildman–Crippen LogP) is 4.60. The topological polar surface area (TPSA) is 12.0 Å². The summed E-state index contributed by atoms with van der Waals surface area (Å²) in [5, 5.41) is 6.34. The van der Waals surface area contributed by atoms with Crippen LogP contribution in [0.4, 0.5) is 0 Å². The quantitative estimate of drug-likeness (QED) is 0.839. The maximum atomic E-state index is 3.53. The van der Waals surface area contributed by atoms with Gasteiger partial charge in [-0.1, -0.05) is 55.7 Å². The van der Waals surface area contributed by atoms with Crippen LogP contribution in [0.25, 0.3) is 10.8 Å². The normalized spacial score (nSPS) is 17.4. The molecule has 100 valence electrons. The average Bonchev–Trinajstić information content (AvgIpc) is 2.40. The van der Waals surface area contributed by atoms with Gasteiger partial charge in [0.2, 0.25) is 0 Å². The van der Waals surface area contributed by atoms with Crippen LogP contribution < -0.4 is 5.32 Å². The Hall–Kier alpha value is -1.34. The third kappa shape index (κ3) is 2.40. The standard InChI is InChI=1S/C18H23N/c1-13-10-11-17(16-9-4-3-8-15(13)16)18(19-2)12-14-6-5-7-14/h3-4,8-11,14,18-19H,5-7,12H2,1-2H3. The lowest BCUT2D eigenvalue weighted by Crippen LogP contribution is -2.23. The number of hydrogen-bond donors (Lipinski definition) is 1. The van der Waals surface area contributed by atoms with Crippen LogP contribution >= 0.6 is 0 Å². The minimum Gasteiger partial charge on any atom is -0.313 e. The van der Waals surface area contributed by atoms with Gasteiger partial charge >= 0.3 is 0 Å². The van der Waals surface area contributed by atoms with Crippen LogP contribution in [0.5, 0.6) is 0 Å². The summed E-state index contributed by atoms with van der Waals surface area (Å²) in [6, 6.07) is 13.9. The molecule has 1 unspecified atom stereocenters. The SMILES string of the molecule is CNC(CC1CCC1)c1ccc(C)c2ccccc12. The van der Waals surface area contributed by atoms with Gasteiger partial charge < -0.3 is 5.32 Å². The zero-order chi connectivity index (χ0) is 13.2. The largest absolute Gasteiger partial charge is 0.313 e. The smallest absolute Gasteiger partial charge is 0.0326 e. The maximum absolute atomic E-state index is 3.53. The third-order valence-electron chi connectivity index (χ3n) is 4.69. The van der Waals surface area contributed by atoms with E-state index >= 15 is 0 Å². The van der Waals surface area contributed by atoms with Crippen LogP contribution in [0.2, 0.25) is 0 Å².